The van der Waals surface area contributed by atoms with Crippen LogP contribution in [0, 0.1) is 0 Å². The van der Waals surface area contributed by atoms with E-state index in [9.17, 15) is 9.59 Å². The Bertz CT molecular complexity index is 1350. The van der Waals surface area contributed by atoms with Crippen LogP contribution in [0.15, 0.2) is 76.7 Å². The highest BCUT2D eigenvalue weighted by atomic mass is 32.2. The van der Waals surface area contributed by atoms with Crippen molar-refractivity contribution in [3.8, 4) is 0 Å². The summed E-state index contributed by atoms with van der Waals surface area (Å²) in [6.45, 7) is 4.26. The van der Waals surface area contributed by atoms with Gasteiger partial charge in [0.1, 0.15) is 0 Å². The lowest BCUT2D eigenvalue weighted by Crippen LogP contribution is -2.30. The monoisotopic (exact) mass is 461 g/mol. The van der Waals surface area contributed by atoms with E-state index in [4.69, 9.17) is 4.74 Å². The highest BCUT2D eigenvalue weighted by molar-refractivity contribution is 7.99. The van der Waals surface area contributed by atoms with Crippen molar-refractivity contribution >= 4 is 39.3 Å². The molecular weight excluding hydrogens is 434 g/mol. The predicted octanol–water partition coefficient (Wildman–Crippen LogP) is 4.73. The molecule has 0 aliphatic carbocycles. The number of carbonyl (C=O) groups is 1. The highest BCUT2D eigenvalue weighted by Crippen LogP contribution is 2.25. The number of hydrogen-bond acceptors (Lipinski definition) is 5. The molecule has 0 aliphatic rings. The van der Waals surface area contributed by atoms with Crippen molar-refractivity contribution in [1.82, 2.24) is 14.9 Å². The second kappa shape index (κ2) is 10.2. The molecule has 0 saturated carbocycles. The van der Waals surface area contributed by atoms with E-state index < -0.39 is 0 Å². The predicted molar refractivity (Wildman–Crippen MR) is 134 cm³/mol. The Balaban J connectivity index is 1.54. The number of hydrogen-bond donors (Lipinski definition) is 1. The number of rotatable bonds is 8. The van der Waals surface area contributed by atoms with Crippen LogP contribution in [0.1, 0.15) is 31.5 Å². The van der Waals surface area contributed by atoms with Crippen molar-refractivity contribution in [2.24, 2.45) is 0 Å². The zero-order valence-corrected chi connectivity index (χ0v) is 19.8. The van der Waals surface area contributed by atoms with Crippen LogP contribution in [0.25, 0.3) is 21.7 Å². The molecule has 0 radical (unpaired) electrons. The first-order valence-corrected chi connectivity index (χ1v) is 11.9. The lowest BCUT2D eigenvalue weighted by atomic mass is 10.00. The molecule has 0 bridgehead atoms. The van der Waals surface area contributed by atoms with E-state index in [1.807, 2.05) is 56.3 Å². The molecule has 6 nitrogen and oxygen atoms in total. The van der Waals surface area contributed by atoms with Gasteiger partial charge in [-0.1, -0.05) is 66.4 Å². The molecule has 0 spiro atoms. The van der Waals surface area contributed by atoms with Gasteiger partial charge in [0.15, 0.2) is 5.16 Å². The number of aromatic nitrogens is 2. The fourth-order valence-corrected chi connectivity index (χ4v) is 4.96. The average molecular weight is 462 g/mol. The number of fused-ring (bicyclic) bond motifs is 2. The standard InChI is InChI=1S/C26H27N3O3S/c1-17(15-32-3)29-25(31)22-12-6-7-14-23(22)28-26(29)33-16-24(30)27-18(2)20-13-8-10-19-9-4-5-11-21(19)20/h4-14,17-18H,15-16H2,1-3H3,(H,27,30)/t17-,18-/m1/s1. The maximum atomic E-state index is 13.2. The summed E-state index contributed by atoms with van der Waals surface area (Å²) in [6.07, 6.45) is 0. The Hall–Kier alpha value is -3.16. The van der Waals surface area contributed by atoms with Crippen molar-refractivity contribution in [3.63, 3.8) is 0 Å². The second-order valence-electron chi connectivity index (χ2n) is 8.04. The molecule has 4 aromatic rings. The molecule has 0 aliphatic heterocycles. The number of amides is 1. The largest absolute Gasteiger partial charge is 0.383 e. The minimum Gasteiger partial charge on any atom is -0.383 e. The van der Waals surface area contributed by atoms with Crippen LogP contribution < -0.4 is 10.9 Å². The lowest BCUT2D eigenvalue weighted by Gasteiger charge is -2.19. The minimum absolute atomic E-state index is 0.117. The first-order valence-electron chi connectivity index (χ1n) is 10.9. The summed E-state index contributed by atoms with van der Waals surface area (Å²) in [5, 5.41) is 6.41. The molecule has 0 fully saturated rings. The van der Waals surface area contributed by atoms with Crippen LogP contribution in [0.5, 0.6) is 0 Å². The topological polar surface area (TPSA) is 73.2 Å². The molecule has 1 N–H and O–H groups in total. The number of nitrogens with one attached hydrogen (secondary N) is 1. The van der Waals surface area contributed by atoms with Gasteiger partial charge >= 0.3 is 0 Å². The van der Waals surface area contributed by atoms with Crippen LogP contribution in [0.4, 0.5) is 0 Å². The van der Waals surface area contributed by atoms with E-state index in [-0.39, 0.29) is 29.3 Å². The summed E-state index contributed by atoms with van der Waals surface area (Å²) in [4.78, 5) is 30.7. The minimum atomic E-state index is -0.209. The molecule has 1 amide bonds. The maximum absolute atomic E-state index is 13.2. The molecule has 1 aromatic heterocycles. The van der Waals surface area contributed by atoms with Gasteiger partial charge in [0.2, 0.25) is 5.91 Å². The molecule has 3 aromatic carbocycles. The van der Waals surface area contributed by atoms with Gasteiger partial charge in [-0.2, -0.15) is 0 Å². The average Bonchev–Trinajstić information content (AvgIpc) is 2.82. The SMILES string of the molecule is COC[C@@H](C)n1c(SCC(=O)N[C@H](C)c2cccc3ccccc23)nc2ccccc2c1=O. The Morgan fingerprint density at radius 3 is 2.52 bits per heavy atom. The third-order valence-electron chi connectivity index (χ3n) is 5.62. The van der Waals surface area contributed by atoms with Crippen molar-refractivity contribution < 1.29 is 9.53 Å². The molecule has 33 heavy (non-hydrogen) atoms. The molecule has 170 valence electrons. The van der Waals surface area contributed by atoms with Crippen LogP contribution in [0.2, 0.25) is 0 Å². The molecule has 4 rings (SSSR count). The Morgan fingerprint density at radius 1 is 1.03 bits per heavy atom. The van der Waals surface area contributed by atoms with Crippen LogP contribution in [0.3, 0.4) is 0 Å². The van der Waals surface area contributed by atoms with Crippen LogP contribution >= 0.6 is 11.8 Å². The number of thioether (sulfide) groups is 1. The van der Waals surface area contributed by atoms with E-state index in [0.717, 1.165) is 16.3 Å². The number of nitrogens with zero attached hydrogens (tertiary/aromatic N) is 2. The maximum Gasteiger partial charge on any atom is 0.262 e. The summed E-state index contributed by atoms with van der Waals surface area (Å²) in [7, 11) is 1.60. The zero-order valence-electron chi connectivity index (χ0n) is 18.9. The van der Waals surface area contributed by atoms with Crippen LogP contribution in [-0.2, 0) is 9.53 Å². The van der Waals surface area contributed by atoms with E-state index in [2.05, 4.69) is 28.5 Å². The normalized spacial score (nSPS) is 13.2. The van der Waals surface area contributed by atoms with Gasteiger partial charge < -0.3 is 10.1 Å². The number of para-hydroxylation sites is 1. The van der Waals surface area contributed by atoms with Gasteiger partial charge in [0.05, 0.1) is 35.3 Å². The van der Waals surface area contributed by atoms with Gasteiger partial charge in [-0.15, -0.1) is 0 Å². The first-order chi connectivity index (χ1) is 16.0. The summed E-state index contributed by atoms with van der Waals surface area (Å²) >= 11 is 1.26. The fraction of sp³-hybridized carbons (Fsp3) is 0.269. The van der Waals surface area contributed by atoms with Crippen molar-refractivity contribution in [3.05, 3.63) is 82.6 Å². The van der Waals surface area contributed by atoms with E-state index in [1.165, 1.54) is 11.8 Å². The van der Waals surface area contributed by atoms with Crippen molar-refractivity contribution in [2.45, 2.75) is 31.1 Å². The quantitative estimate of drug-likeness (QED) is 0.303. The number of methoxy groups -OCH3 is 1. The summed E-state index contributed by atoms with van der Waals surface area (Å²) < 4.78 is 6.89. The molecule has 2 atom stereocenters. The first kappa shape index (κ1) is 23.0. The zero-order chi connectivity index (χ0) is 23.4. The van der Waals surface area contributed by atoms with Gasteiger partial charge in [0, 0.05) is 7.11 Å². The van der Waals surface area contributed by atoms with Gasteiger partial charge in [-0.05, 0) is 42.3 Å². The smallest absolute Gasteiger partial charge is 0.262 e. The van der Waals surface area contributed by atoms with E-state index in [0.29, 0.717) is 22.7 Å². The van der Waals surface area contributed by atoms with Crippen molar-refractivity contribution in [1.29, 1.82) is 0 Å². The third kappa shape index (κ3) is 4.94. The van der Waals surface area contributed by atoms with Crippen molar-refractivity contribution in [2.75, 3.05) is 19.5 Å². The summed E-state index contributed by atoms with van der Waals surface area (Å²) in [6, 6.07) is 21.1. The third-order valence-corrected chi connectivity index (χ3v) is 6.58. The molecule has 7 heteroatoms. The number of ether oxygens (including phenoxy) is 1. The second-order valence-corrected chi connectivity index (χ2v) is 8.98. The van der Waals surface area contributed by atoms with Gasteiger partial charge in [0.25, 0.3) is 5.56 Å². The summed E-state index contributed by atoms with van der Waals surface area (Å²) in [5.74, 6) is 0.0355. The van der Waals surface area contributed by atoms with E-state index >= 15 is 0 Å². The van der Waals surface area contributed by atoms with E-state index in [1.54, 1.807) is 17.7 Å². The Kier molecular flexibility index (Phi) is 7.11. The molecule has 0 unspecified atom stereocenters. The van der Waals surface area contributed by atoms with Gasteiger partial charge in [-0.3, -0.25) is 14.2 Å². The molecule has 0 saturated heterocycles. The highest BCUT2D eigenvalue weighted by Gasteiger charge is 2.18. The Morgan fingerprint density at radius 2 is 1.73 bits per heavy atom. The Labute approximate surface area is 197 Å². The lowest BCUT2D eigenvalue weighted by molar-refractivity contribution is -0.119. The molecular formula is C26H27N3O3S. The van der Waals surface area contributed by atoms with Crippen LogP contribution in [-0.4, -0.2) is 34.9 Å². The summed E-state index contributed by atoms with van der Waals surface area (Å²) in [5.41, 5.74) is 1.56. The number of benzene rings is 3. The number of carbonyl (C=O) groups excluding carboxylic acids is 1. The van der Waals surface area contributed by atoms with Gasteiger partial charge in [-0.25, -0.2) is 4.98 Å². The molecule has 1 heterocycles. The fourth-order valence-electron chi connectivity index (χ4n) is 4.05.